The van der Waals surface area contributed by atoms with Gasteiger partial charge in [0.1, 0.15) is 5.82 Å². The minimum atomic E-state index is -0.184. The molecular weight excluding hydrogens is 251 g/mol. The van der Waals surface area contributed by atoms with Crippen LogP contribution < -0.4 is 10.6 Å². The van der Waals surface area contributed by atoms with Gasteiger partial charge in [-0.15, -0.1) is 11.8 Å². The van der Waals surface area contributed by atoms with E-state index in [0.717, 1.165) is 18.7 Å². The molecule has 1 aromatic rings. The van der Waals surface area contributed by atoms with Gasteiger partial charge in [0.05, 0.1) is 18.9 Å². The topological polar surface area (TPSA) is 38.5 Å². The number of hydrogen-bond acceptors (Lipinski definition) is 4. The third-order valence-electron chi connectivity index (χ3n) is 2.78. The average molecular weight is 268 g/mol. The molecule has 0 aromatic heterocycles. The molecule has 0 radical (unpaired) electrons. The van der Waals surface area contributed by atoms with Crippen molar-refractivity contribution in [1.29, 1.82) is 0 Å². The fourth-order valence-corrected chi connectivity index (χ4v) is 2.23. The van der Waals surface area contributed by atoms with E-state index >= 15 is 0 Å². The lowest BCUT2D eigenvalue weighted by Crippen LogP contribution is -2.36. The van der Waals surface area contributed by atoms with Crippen LogP contribution in [0, 0.1) is 5.82 Å². The molecule has 18 heavy (non-hydrogen) atoms. The Morgan fingerprint density at radius 1 is 1.39 bits per heavy atom. The number of anilines is 1. The molecule has 0 bridgehead atoms. The number of ether oxygens (including phenoxy) is 1. The summed E-state index contributed by atoms with van der Waals surface area (Å²) in [5, 5.41) is 1.88. The Hall–Kier alpha value is -1.04. The summed E-state index contributed by atoms with van der Waals surface area (Å²) in [5.41, 5.74) is 6.87. The first-order chi connectivity index (χ1) is 8.81. The summed E-state index contributed by atoms with van der Waals surface area (Å²) in [6.07, 6.45) is 1.86. The second-order valence-electron chi connectivity index (χ2n) is 3.95. The number of nitrogens with zero attached hydrogens (tertiary/aromatic N) is 1. The number of hydrogen-bond donors (Lipinski definition) is 1. The zero-order valence-corrected chi connectivity index (χ0v) is 11.0. The molecule has 2 N–H and O–H groups in total. The predicted molar refractivity (Wildman–Crippen MR) is 75.1 cm³/mol. The van der Waals surface area contributed by atoms with Gasteiger partial charge in [0.15, 0.2) is 0 Å². The van der Waals surface area contributed by atoms with Crippen LogP contribution in [-0.4, -0.2) is 32.2 Å². The van der Waals surface area contributed by atoms with Gasteiger partial charge in [-0.05, 0) is 29.2 Å². The van der Waals surface area contributed by atoms with Gasteiger partial charge in [0.25, 0.3) is 0 Å². The van der Waals surface area contributed by atoms with Gasteiger partial charge in [-0.3, -0.25) is 0 Å². The van der Waals surface area contributed by atoms with E-state index in [2.05, 4.69) is 0 Å². The van der Waals surface area contributed by atoms with Crippen LogP contribution in [0.3, 0.4) is 0 Å². The van der Waals surface area contributed by atoms with Gasteiger partial charge >= 0.3 is 0 Å². The molecule has 1 aliphatic rings. The number of benzene rings is 1. The van der Waals surface area contributed by atoms with E-state index in [1.165, 1.54) is 11.8 Å². The molecule has 1 fully saturated rings. The molecule has 98 valence electrons. The molecule has 1 aliphatic heterocycles. The Morgan fingerprint density at radius 3 is 2.83 bits per heavy atom. The Balaban J connectivity index is 2.09. The summed E-state index contributed by atoms with van der Waals surface area (Å²) >= 11 is 1.49. The Kier molecular flexibility index (Phi) is 5.04. The van der Waals surface area contributed by atoms with E-state index in [0.29, 0.717) is 24.8 Å². The van der Waals surface area contributed by atoms with Crippen LogP contribution >= 0.6 is 11.8 Å². The highest BCUT2D eigenvalue weighted by molar-refractivity contribution is 8.02. The Labute approximate surface area is 111 Å². The third kappa shape index (κ3) is 3.48. The molecule has 0 amide bonds. The summed E-state index contributed by atoms with van der Waals surface area (Å²) in [6, 6.07) is 5.30. The minimum absolute atomic E-state index is 0.184. The fraction of sp³-hybridized carbons (Fsp3) is 0.385. The van der Waals surface area contributed by atoms with Crippen molar-refractivity contribution in [3.8, 4) is 0 Å². The van der Waals surface area contributed by atoms with E-state index in [1.807, 2.05) is 28.5 Å². The molecule has 5 heteroatoms. The van der Waals surface area contributed by atoms with Crippen molar-refractivity contribution in [2.45, 2.75) is 0 Å². The Morgan fingerprint density at radius 2 is 2.17 bits per heavy atom. The highest BCUT2D eigenvalue weighted by atomic mass is 32.2. The van der Waals surface area contributed by atoms with Gasteiger partial charge in [0, 0.05) is 19.0 Å². The maximum Gasteiger partial charge on any atom is 0.147 e. The first-order valence-electron chi connectivity index (χ1n) is 5.92. The van der Waals surface area contributed by atoms with E-state index in [4.69, 9.17) is 10.5 Å². The van der Waals surface area contributed by atoms with Crippen LogP contribution in [0.1, 0.15) is 5.56 Å². The summed E-state index contributed by atoms with van der Waals surface area (Å²) in [6.45, 7) is 2.81. The molecule has 0 aliphatic carbocycles. The Bertz CT molecular complexity index is 419. The largest absolute Gasteiger partial charge is 0.378 e. The highest BCUT2D eigenvalue weighted by Crippen LogP contribution is 2.22. The molecule has 0 saturated carbocycles. The number of halogens is 1. The van der Waals surface area contributed by atoms with Crippen LogP contribution in [-0.2, 0) is 4.74 Å². The summed E-state index contributed by atoms with van der Waals surface area (Å²) < 4.78 is 19.3. The van der Waals surface area contributed by atoms with Gasteiger partial charge in [0.2, 0.25) is 0 Å². The fourth-order valence-electron chi connectivity index (χ4n) is 1.87. The minimum Gasteiger partial charge on any atom is -0.378 e. The van der Waals surface area contributed by atoms with Crippen molar-refractivity contribution >= 4 is 23.5 Å². The van der Waals surface area contributed by atoms with Crippen LogP contribution in [0.15, 0.2) is 23.6 Å². The third-order valence-corrected chi connectivity index (χ3v) is 3.30. The van der Waals surface area contributed by atoms with Crippen molar-refractivity contribution in [2.24, 2.45) is 5.73 Å². The maximum absolute atomic E-state index is 14.0. The molecule has 0 spiro atoms. The van der Waals surface area contributed by atoms with Crippen LogP contribution in [0.5, 0.6) is 0 Å². The van der Waals surface area contributed by atoms with E-state index < -0.39 is 0 Å². The lowest BCUT2D eigenvalue weighted by atomic mass is 10.2. The van der Waals surface area contributed by atoms with Crippen molar-refractivity contribution < 1.29 is 9.13 Å². The molecule has 1 saturated heterocycles. The predicted octanol–water partition coefficient (Wildman–Crippen LogP) is 2.28. The van der Waals surface area contributed by atoms with Gasteiger partial charge in [-0.1, -0.05) is 6.07 Å². The summed E-state index contributed by atoms with van der Waals surface area (Å²) in [4.78, 5) is 2.01. The second kappa shape index (κ2) is 6.78. The smallest absolute Gasteiger partial charge is 0.147 e. The van der Waals surface area contributed by atoms with Gasteiger partial charge in [-0.2, -0.15) is 0 Å². The summed E-state index contributed by atoms with van der Waals surface area (Å²) in [5.74, 6) is 0.349. The molecule has 0 atom stereocenters. The first-order valence-corrected chi connectivity index (χ1v) is 6.96. The molecular formula is C13H17FN2OS. The first kappa shape index (κ1) is 13.4. The quantitative estimate of drug-likeness (QED) is 0.850. The standard InChI is InChI=1S/C13H17FN2OS/c14-12-9-11(3-8-18-10-15)1-2-13(12)16-4-6-17-7-5-16/h1-3,8-9H,4-7,10,15H2/b8-3+. The van der Waals surface area contributed by atoms with Crippen LogP contribution in [0.4, 0.5) is 10.1 Å². The van der Waals surface area contributed by atoms with E-state index in [-0.39, 0.29) is 5.82 Å². The van der Waals surface area contributed by atoms with E-state index in [9.17, 15) is 4.39 Å². The number of morpholine rings is 1. The highest BCUT2D eigenvalue weighted by Gasteiger charge is 2.14. The SMILES string of the molecule is NCS/C=C/c1ccc(N2CCOCC2)c(F)c1. The second-order valence-corrected chi connectivity index (χ2v) is 4.89. The van der Waals surface area contributed by atoms with Crippen LogP contribution in [0.25, 0.3) is 6.08 Å². The zero-order chi connectivity index (χ0) is 12.8. The van der Waals surface area contributed by atoms with Crippen molar-refractivity contribution in [1.82, 2.24) is 0 Å². The lowest BCUT2D eigenvalue weighted by molar-refractivity contribution is 0.122. The normalized spacial score (nSPS) is 16.4. The molecule has 0 unspecified atom stereocenters. The van der Waals surface area contributed by atoms with Crippen molar-refractivity contribution in [3.63, 3.8) is 0 Å². The number of rotatable bonds is 4. The van der Waals surface area contributed by atoms with Crippen molar-refractivity contribution in [3.05, 3.63) is 35.0 Å². The number of thioether (sulfide) groups is 1. The molecule has 1 heterocycles. The van der Waals surface area contributed by atoms with Crippen LogP contribution in [0.2, 0.25) is 0 Å². The summed E-state index contributed by atoms with van der Waals surface area (Å²) in [7, 11) is 0. The molecule has 3 nitrogen and oxygen atoms in total. The maximum atomic E-state index is 14.0. The molecule has 2 rings (SSSR count). The number of nitrogens with two attached hydrogens (primary N) is 1. The molecule has 1 aromatic carbocycles. The lowest BCUT2D eigenvalue weighted by Gasteiger charge is -2.29. The van der Waals surface area contributed by atoms with E-state index in [1.54, 1.807) is 6.07 Å². The zero-order valence-electron chi connectivity index (χ0n) is 10.1. The average Bonchev–Trinajstić information content (AvgIpc) is 2.40. The van der Waals surface area contributed by atoms with Gasteiger partial charge in [-0.25, -0.2) is 4.39 Å². The van der Waals surface area contributed by atoms with Gasteiger partial charge < -0.3 is 15.4 Å². The van der Waals surface area contributed by atoms with Crippen molar-refractivity contribution in [2.75, 3.05) is 37.1 Å². The monoisotopic (exact) mass is 268 g/mol.